The third-order valence-corrected chi connectivity index (χ3v) is 6.55. The van der Waals surface area contributed by atoms with Crippen molar-refractivity contribution >= 4 is 41.9 Å². The van der Waals surface area contributed by atoms with Crippen molar-refractivity contribution in [1.29, 1.82) is 0 Å². The maximum atomic E-state index is 12.8. The van der Waals surface area contributed by atoms with E-state index in [0.29, 0.717) is 30.4 Å². The third-order valence-electron chi connectivity index (χ3n) is 4.21. The minimum Gasteiger partial charge on any atom is -0.486 e. The molecule has 1 aliphatic heterocycles. The van der Waals surface area contributed by atoms with E-state index in [1.807, 2.05) is 18.2 Å². The van der Waals surface area contributed by atoms with E-state index in [1.54, 1.807) is 19.1 Å². The smallest absolute Gasteiger partial charge is 0.244 e. The quantitative estimate of drug-likeness (QED) is 0.530. The van der Waals surface area contributed by atoms with Gasteiger partial charge in [0.1, 0.15) is 23.8 Å². The lowest BCUT2D eigenvalue weighted by Gasteiger charge is -2.20. The molecule has 29 heavy (non-hydrogen) atoms. The van der Waals surface area contributed by atoms with Crippen LogP contribution in [0.2, 0.25) is 0 Å². The zero-order chi connectivity index (χ0) is 20.6. The number of aromatic nitrogens is 3. The topological polar surface area (TPSA) is 95.3 Å². The molecule has 0 aliphatic carbocycles. The molecule has 3 aromatic rings. The Labute approximate surface area is 184 Å². The van der Waals surface area contributed by atoms with Gasteiger partial charge >= 0.3 is 0 Å². The maximum Gasteiger partial charge on any atom is 0.244 e. The highest BCUT2D eigenvalue weighted by atomic mass is 79.9. The van der Waals surface area contributed by atoms with Gasteiger partial charge in [-0.1, -0.05) is 37.9 Å². The average molecular weight is 544 g/mol. The Morgan fingerprint density at radius 2 is 1.83 bits per heavy atom. The SMILES string of the molecule is Cc1nn(-c2cc(Br)cc(Br)c2)nc1CNS(=O)(=O)c1cccc2c1OCCO2. The molecule has 2 heterocycles. The summed E-state index contributed by atoms with van der Waals surface area (Å²) in [7, 11) is -3.83. The number of ether oxygens (including phenoxy) is 2. The molecule has 152 valence electrons. The summed E-state index contributed by atoms with van der Waals surface area (Å²) in [5.74, 6) is 0.645. The molecule has 1 N–H and O–H groups in total. The lowest BCUT2D eigenvalue weighted by molar-refractivity contribution is 0.167. The second-order valence-electron chi connectivity index (χ2n) is 6.25. The molecule has 0 saturated heterocycles. The summed E-state index contributed by atoms with van der Waals surface area (Å²) >= 11 is 6.87. The van der Waals surface area contributed by atoms with E-state index in [4.69, 9.17) is 9.47 Å². The standard InChI is InChI=1S/C18H16Br2N4O4S/c1-11-15(23-24(22-11)14-8-12(19)7-13(20)9-14)10-21-29(25,26)17-4-2-3-16-18(17)28-6-5-27-16/h2-4,7-9,21H,5-6,10H2,1H3. The Morgan fingerprint density at radius 3 is 2.59 bits per heavy atom. The molecule has 0 atom stereocenters. The third kappa shape index (κ3) is 4.32. The van der Waals surface area contributed by atoms with Crippen LogP contribution in [-0.2, 0) is 16.6 Å². The van der Waals surface area contributed by atoms with E-state index in [9.17, 15) is 8.42 Å². The molecule has 4 rings (SSSR count). The number of nitrogens with one attached hydrogen (secondary N) is 1. The molecular formula is C18H16Br2N4O4S. The molecule has 0 radical (unpaired) electrons. The van der Waals surface area contributed by atoms with Crippen LogP contribution >= 0.6 is 31.9 Å². The Morgan fingerprint density at radius 1 is 1.10 bits per heavy atom. The van der Waals surface area contributed by atoms with E-state index < -0.39 is 10.0 Å². The van der Waals surface area contributed by atoms with Crippen molar-refractivity contribution in [2.75, 3.05) is 13.2 Å². The first-order chi connectivity index (χ1) is 13.8. The monoisotopic (exact) mass is 542 g/mol. The van der Waals surface area contributed by atoms with Crippen LogP contribution in [0.5, 0.6) is 11.5 Å². The number of sulfonamides is 1. The van der Waals surface area contributed by atoms with Crippen molar-refractivity contribution in [3.8, 4) is 17.2 Å². The summed E-state index contributed by atoms with van der Waals surface area (Å²) in [6.45, 7) is 2.46. The Bertz CT molecular complexity index is 1160. The molecule has 0 bridgehead atoms. The molecule has 0 spiro atoms. The largest absolute Gasteiger partial charge is 0.486 e. The van der Waals surface area contributed by atoms with Gasteiger partial charge in [0.25, 0.3) is 0 Å². The highest BCUT2D eigenvalue weighted by molar-refractivity contribution is 9.11. The second kappa shape index (κ2) is 8.05. The molecule has 0 saturated carbocycles. The van der Waals surface area contributed by atoms with E-state index in [1.165, 1.54) is 10.9 Å². The first-order valence-corrected chi connectivity index (χ1v) is 11.7. The van der Waals surface area contributed by atoms with Gasteiger partial charge in [-0.3, -0.25) is 0 Å². The molecular weight excluding hydrogens is 528 g/mol. The Hall–Kier alpha value is -1.95. The highest BCUT2D eigenvalue weighted by Crippen LogP contribution is 2.36. The Balaban J connectivity index is 1.57. The van der Waals surface area contributed by atoms with Crippen molar-refractivity contribution in [1.82, 2.24) is 19.7 Å². The van der Waals surface area contributed by atoms with Crippen molar-refractivity contribution in [3.63, 3.8) is 0 Å². The van der Waals surface area contributed by atoms with Gasteiger partial charge in [0.15, 0.2) is 11.5 Å². The van der Waals surface area contributed by atoms with Crippen LogP contribution in [0.1, 0.15) is 11.4 Å². The number of hydrogen-bond acceptors (Lipinski definition) is 6. The summed E-state index contributed by atoms with van der Waals surface area (Å²) < 4.78 is 41.0. The van der Waals surface area contributed by atoms with E-state index in [2.05, 4.69) is 46.8 Å². The van der Waals surface area contributed by atoms with E-state index >= 15 is 0 Å². The minimum atomic E-state index is -3.83. The van der Waals surface area contributed by atoms with Crippen molar-refractivity contribution in [2.45, 2.75) is 18.4 Å². The summed E-state index contributed by atoms with van der Waals surface area (Å²) in [4.78, 5) is 1.51. The molecule has 2 aromatic carbocycles. The average Bonchev–Trinajstić information content (AvgIpc) is 3.06. The number of halogens is 2. The molecule has 11 heteroatoms. The zero-order valence-corrected chi connectivity index (χ0v) is 19.2. The highest BCUT2D eigenvalue weighted by Gasteiger charge is 2.25. The van der Waals surface area contributed by atoms with Gasteiger partial charge in [0.05, 0.1) is 17.9 Å². The predicted molar refractivity (Wildman–Crippen MR) is 113 cm³/mol. The molecule has 0 fully saturated rings. The normalized spacial score (nSPS) is 13.5. The summed E-state index contributed by atoms with van der Waals surface area (Å²) in [5, 5.41) is 8.82. The van der Waals surface area contributed by atoms with Gasteiger partial charge in [-0.15, -0.1) is 0 Å². The number of nitrogens with zero attached hydrogens (tertiary/aromatic N) is 3. The van der Waals surface area contributed by atoms with Gasteiger partial charge in [-0.2, -0.15) is 15.0 Å². The summed E-state index contributed by atoms with van der Waals surface area (Å²) in [5.41, 5.74) is 1.89. The number of benzene rings is 2. The van der Waals surface area contributed by atoms with Crippen LogP contribution in [0.3, 0.4) is 0 Å². The van der Waals surface area contributed by atoms with Gasteiger partial charge < -0.3 is 9.47 Å². The zero-order valence-electron chi connectivity index (χ0n) is 15.2. The van der Waals surface area contributed by atoms with Crippen molar-refractivity contribution in [2.24, 2.45) is 0 Å². The fraction of sp³-hybridized carbons (Fsp3) is 0.222. The van der Waals surface area contributed by atoms with E-state index in [-0.39, 0.29) is 17.2 Å². The fourth-order valence-corrected chi connectivity index (χ4v) is 5.26. The lowest BCUT2D eigenvalue weighted by Crippen LogP contribution is -2.26. The second-order valence-corrected chi connectivity index (χ2v) is 9.82. The lowest BCUT2D eigenvalue weighted by atomic mass is 10.3. The number of aryl methyl sites for hydroxylation is 1. The predicted octanol–water partition coefficient (Wildman–Crippen LogP) is 3.35. The van der Waals surface area contributed by atoms with Gasteiger partial charge in [-0.25, -0.2) is 13.1 Å². The van der Waals surface area contributed by atoms with Crippen molar-refractivity contribution < 1.29 is 17.9 Å². The number of fused-ring (bicyclic) bond motifs is 1. The van der Waals surface area contributed by atoms with Crippen LogP contribution in [0.15, 0.2) is 50.2 Å². The van der Waals surface area contributed by atoms with Crippen molar-refractivity contribution in [3.05, 3.63) is 56.7 Å². The van der Waals surface area contributed by atoms with Crippen LogP contribution < -0.4 is 14.2 Å². The number of hydrogen-bond donors (Lipinski definition) is 1. The maximum absolute atomic E-state index is 12.8. The minimum absolute atomic E-state index is 0.00609. The van der Waals surface area contributed by atoms with Crippen LogP contribution in [0.25, 0.3) is 5.69 Å². The Kier molecular flexibility index (Phi) is 5.65. The molecule has 1 aromatic heterocycles. The molecule has 0 unspecified atom stereocenters. The van der Waals surface area contributed by atoms with E-state index in [0.717, 1.165) is 14.6 Å². The molecule has 1 aliphatic rings. The summed E-state index contributed by atoms with van der Waals surface area (Å²) in [6.07, 6.45) is 0. The van der Waals surface area contributed by atoms with Crippen LogP contribution in [0.4, 0.5) is 0 Å². The van der Waals surface area contributed by atoms with Gasteiger partial charge in [-0.05, 0) is 37.3 Å². The fourth-order valence-electron chi connectivity index (χ4n) is 2.84. The van der Waals surface area contributed by atoms with Crippen LogP contribution in [-0.4, -0.2) is 36.6 Å². The first kappa shape index (κ1) is 20.3. The number of rotatable bonds is 5. The van der Waals surface area contributed by atoms with Gasteiger partial charge in [0.2, 0.25) is 10.0 Å². The van der Waals surface area contributed by atoms with Crippen LogP contribution in [0, 0.1) is 6.92 Å². The first-order valence-electron chi connectivity index (χ1n) is 8.61. The van der Waals surface area contributed by atoms with Gasteiger partial charge in [0, 0.05) is 8.95 Å². The molecule has 8 nitrogen and oxygen atoms in total. The molecule has 0 amide bonds. The summed E-state index contributed by atoms with van der Waals surface area (Å²) in [6, 6.07) is 10.4. The number of para-hydroxylation sites is 1.